The molecule has 1 aromatic carbocycles. The van der Waals surface area contributed by atoms with Crippen molar-refractivity contribution < 1.29 is 9.53 Å². The second-order valence-electron chi connectivity index (χ2n) is 4.47. The Morgan fingerprint density at radius 1 is 1.50 bits per heavy atom. The first-order chi connectivity index (χ1) is 9.51. The van der Waals surface area contributed by atoms with Gasteiger partial charge in [-0.1, -0.05) is 0 Å². The smallest absolute Gasteiger partial charge is 0.256 e. The Bertz CT molecular complexity index is 625. The van der Waals surface area contributed by atoms with E-state index in [9.17, 15) is 4.79 Å². The summed E-state index contributed by atoms with van der Waals surface area (Å²) >= 11 is 1.57. The van der Waals surface area contributed by atoms with Gasteiger partial charge in [-0.15, -0.1) is 11.3 Å². The van der Waals surface area contributed by atoms with Crippen LogP contribution in [0.1, 0.15) is 21.1 Å². The van der Waals surface area contributed by atoms with E-state index in [2.05, 4.69) is 4.98 Å². The minimum atomic E-state index is -0.129. The van der Waals surface area contributed by atoms with Gasteiger partial charge in [0.25, 0.3) is 5.91 Å². The van der Waals surface area contributed by atoms with Crippen molar-refractivity contribution in [3.8, 4) is 5.75 Å². The number of methoxy groups -OCH3 is 1. The molecule has 0 saturated carbocycles. The fourth-order valence-electron chi connectivity index (χ4n) is 1.86. The molecule has 2 aromatic rings. The summed E-state index contributed by atoms with van der Waals surface area (Å²) in [5.41, 5.74) is 7.66. The summed E-state index contributed by atoms with van der Waals surface area (Å²) in [5, 5.41) is 2.95. The van der Waals surface area contributed by atoms with Gasteiger partial charge in [-0.05, 0) is 19.1 Å². The van der Waals surface area contributed by atoms with Crippen LogP contribution in [0.2, 0.25) is 0 Å². The maximum absolute atomic E-state index is 12.4. The zero-order valence-electron chi connectivity index (χ0n) is 11.7. The summed E-state index contributed by atoms with van der Waals surface area (Å²) in [7, 11) is 3.30. The van der Waals surface area contributed by atoms with Crippen molar-refractivity contribution in [3.05, 3.63) is 39.8 Å². The summed E-state index contributed by atoms with van der Waals surface area (Å²) in [6.07, 6.45) is 0. The molecule has 0 aliphatic rings. The molecule has 0 fully saturated rings. The molecule has 0 aliphatic heterocycles. The highest BCUT2D eigenvalue weighted by Crippen LogP contribution is 2.21. The molecule has 2 N–H and O–H groups in total. The first kappa shape index (κ1) is 14.3. The van der Waals surface area contributed by atoms with E-state index in [-0.39, 0.29) is 5.91 Å². The number of aromatic nitrogens is 1. The van der Waals surface area contributed by atoms with Crippen LogP contribution in [0.25, 0.3) is 0 Å². The van der Waals surface area contributed by atoms with Crippen molar-refractivity contribution in [2.45, 2.75) is 13.5 Å². The molecular formula is C14H17N3O2S. The average molecular weight is 291 g/mol. The van der Waals surface area contributed by atoms with Crippen LogP contribution in [0.15, 0.2) is 23.6 Å². The van der Waals surface area contributed by atoms with E-state index in [0.29, 0.717) is 23.5 Å². The second kappa shape index (κ2) is 5.92. The summed E-state index contributed by atoms with van der Waals surface area (Å²) in [4.78, 5) is 18.3. The van der Waals surface area contributed by atoms with E-state index in [1.165, 1.54) is 0 Å². The van der Waals surface area contributed by atoms with Gasteiger partial charge in [0.2, 0.25) is 0 Å². The number of amides is 1. The zero-order valence-corrected chi connectivity index (χ0v) is 12.5. The molecule has 0 unspecified atom stereocenters. The van der Waals surface area contributed by atoms with Crippen molar-refractivity contribution in [2.75, 3.05) is 19.9 Å². The van der Waals surface area contributed by atoms with E-state index >= 15 is 0 Å². The van der Waals surface area contributed by atoms with Gasteiger partial charge in [-0.3, -0.25) is 4.79 Å². The number of rotatable bonds is 4. The third-order valence-corrected chi connectivity index (χ3v) is 3.72. The van der Waals surface area contributed by atoms with E-state index in [1.54, 1.807) is 48.6 Å². The van der Waals surface area contributed by atoms with Gasteiger partial charge in [0, 0.05) is 24.2 Å². The van der Waals surface area contributed by atoms with Crippen molar-refractivity contribution in [3.63, 3.8) is 0 Å². The minimum Gasteiger partial charge on any atom is -0.497 e. The van der Waals surface area contributed by atoms with Gasteiger partial charge >= 0.3 is 0 Å². The van der Waals surface area contributed by atoms with E-state index in [4.69, 9.17) is 10.5 Å². The fourth-order valence-corrected chi connectivity index (χ4v) is 2.47. The van der Waals surface area contributed by atoms with Crippen LogP contribution < -0.4 is 10.5 Å². The first-order valence-corrected chi connectivity index (χ1v) is 6.99. The fraction of sp³-hybridized carbons (Fsp3) is 0.286. The molecule has 1 heterocycles. The molecule has 106 valence electrons. The van der Waals surface area contributed by atoms with E-state index in [1.807, 2.05) is 12.3 Å². The molecule has 0 aliphatic carbocycles. The summed E-state index contributed by atoms with van der Waals surface area (Å²) in [5.74, 6) is 0.507. The number of nitrogens with zero attached hydrogens (tertiary/aromatic N) is 2. The van der Waals surface area contributed by atoms with Gasteiger partial charge in [0.05, 0.1) is 29.9 Å². The van der Waals surface area contributed by atoms with Crippen LogP contribution in [0.3, 0.4) is 0 Å². The zero-order chi connectivity index (χ0) is 14.7. The Labute approximate surface area is 122 Å². The Morgan fingerprint density at radius 2 is 2.25 bits per heavy atom. The molecule has 0 radical (unpaired) electrons. The monoisotopic (exact) mass is 291 g/mol. The van der Waals surface area contributed by atoms with Crippen LogP contribution in [0, 0.1) is 6.92 Å². The second-order valence-corrected chi connectivity index (χ2v) is 5.53. The number of benzene rings is 1. The molecule has 5 nitrogen and oxygen atoms in total. The lowest BCUT2D eigenvalue weighted by molar-refractivity contribution is 0.0784. The summed E-state index contributed by atoms with van der Waals surface area (Å²) in [6, 6.07) is 5.05. The third-order valence-electron chi connectivity index (χ3n) is 2.90. The predicted molar refractivity (Wildman–Crippen MR) is 80.1 cm³/mol. The molecule has 0 atom stereocenters. The molecular weight excluding hydrogens is 274 g/mol. The molecule has 2 rings (SSSR count). The predicted octanol–water partition coefficient (Wildman–Crippen LogP) is 2.31. The average Bonchev–Trinajstić information content (AvgIpc) is 2.83. The van der Waals surface area contributed by atoms with Crippen LogP contribution in [0.5, 0.6) is 5.75 Å². The maximum Gasteiger partial charge on any atom is 0.256 e. The van der Waals surface area contributed by atoms with Crippen LogP contribution in [-0.4, -0.2) is 29.9 Å². The number of carbonyl (C=O) groups is 1. The quantitative estimate of drug-likeness (QED) is 0.878. The number of aryl methyl sites for hydroxylation is 1. The standard InChI is InChI=1S/C14H17N3O2S/c1-9-16-10(8-20-9)7-17(2)14(18)12-5-4-11(19-3)6-13(12)15/h4-6,8H,7,15H2,1-3H3. The van der Waals surface area contributed by atoms with E-state index < -0.39 is 0 Å². The molecule has 0 bridgehead atoms. The molecule has 6 heteroatoms. The lowest BCUT2D eigenvalue weighted by Gasteiger charge is -2.17. The summed E-state index contributed by atoms with van der Waals surface area (Å²) < 4.78 is 5.08. The van der Waals surface area contributed by atoms with Crippen molar-refractivity contribution in [1.29, 1.82) is 0 Å². The number of nitrogen functional groups attached to an aromatic ring is 1. The van der Waals surface area contributed by atoms with Crippen molar-refractivity contribution >= 4 is 22.9 Å². The maximum atomic E-state index is 12.4. The lowest BCUT2D eigenvalue weighted by Crippen LogP contribution is -2.27. The Hall–Kier alpha value is -2.08. The van der Waals surface area contributed by atoms with Gasteiger partial charge in [-0.2, -0.15) is 0 Å². The van der Waals surface area contributed by atoms with Gasteiger partial charge < -0.3 is 15.4 Å². The molecule has 1 aromatic heterocycles. The Kier molecular flexibility index (Phi) is 4.24. The van der Waals surface area contributed by atoms with Crippen molar-refractivity contribution in [1.82, 2.24) is 9.88 Å². The molecule has 0 spiro atoms. The lowest BCUT2D eigenvalue weighted by atomic mass is 10.1. The largest absolute Gasteiger partial charge is 0.497 e. The topological polar surface area (TPSA) is 68.5 Å². The van der Waals surface area contributed by atoms with Crippen LogP contribution in [0.4, 0.5) is 5.69 Å². The Morgan fingerprint density at radius 3 is 2.80 bits per heavy atom. The molecule has 1 amide bonds. The first-order valence-electron chi connectivity index (χ1n) is 6.11. The number of ether oxygens (including phenoxy) is 1. The van der Waals surface area contributed by atoms with Crippen molar-refractivity contribution in [2.24, 2.45) is 0 Å². The highest BCUT2D eigenvalue weighted by Gasteiger charge is 2.16. The SMILES string of the molecule is COc1ccc(C(=O)N(C)Cc2csc(C)n2)c(N)c1. The summed E-state index contributed by atoms with van der Waals surface area (Å²) in [6.45, 7) is 2.41. The Balaban J connectivity index is 2.14. The number of thiazole rings is 1. The minimum absolute atomic E-state index is 0.129. The normalized spacial score (nSPS) is 10.3. The third kappa shape index (κ3) is 3.08. The highest BCUT2D eigenvalue weighted by atomic mass is 32.1. The van der Waals surface area contributed by atoms with Gasteiger partial charge in [0.15, 0.2) is 0 Å². The van der Waals surface area contributed by atoms with Crippen LogP contribution >= 0.6 is 11.3 Å². The number of hydrogen-bond donors (Lipinski definition) is 1. The van der Waals surface area contributed by atoms with Gasteiger partial charge in [0.1, 0.15) is 5.75 Å². The number of anilines is 1. The number of nitrogens with two attached hydrogens (primary N) is 1. The highest BCUT2D eigenvalue weighted by molar-refractivity contribution is 7.09. The number of carbonyl (C=O) groups excluding carboxylic acids is 1. The molecule has 0 saturated heterocycles. The van der Waals surface area contributed by atoms with Crippen LogP contribution in [-0.2, 0) is 6.54 Å². The molecule has 20 heavy (non-hydrogen) atoms. The van der Waals surface area contributed by atoms with Gasteiger partial charge in [-0.25, -0.2) is 4.98 Å². The number of hydrogen-bond acceptors (Lipinski definition) is 5. The van der Waals surface area contributed by atoms with E-state index in [0.717, 1.165) is 10.7 Å².